The third-order valence-corrected chi connectivity index (χ3v) is 4.03. The van der Waals surface area contributed by atoms with E-state index >= 15 is 0 Å². The molecule has 0 bridgehead atoms. The number of aliphatic hydroxyl groups is 1. The molecule has 2 unspecified atom stereocenters. The van der Waals surface area contributed by atoms with Crippen molar-refractivity contribution in [2.45, 2.75) is 31.0 Å². The summed E-state index contributed by atoms with van der Waals surface area (Å²) >= 11 is 0. The van der Waals surface area contributed by atoms with E-state index in [-0.39, 0.29) is 17.5 Å². The van der Waals surface area contributed by atoms with Crippen molar-refractivity contribution in [3.8, 4) is 0 Å². The standard InChI is InChI=1S/C20H16F6O3/c1-2-17(27)29-16(10-12-5-3-7-14(9-12)19(21,22)23)18(28)13-6-4-8-15(11-13)20(24,25)26/h2-9,11,16,18,28H,1,10H2. The molecule has 3 nitrogen and oxygen atoms in total. The van der Waals surface area contributed by atoms with Crippen molar-refractivity contribution >= 4 is 5.97 Å². The van der Waals surface area contributed by atoms with Gasteiger partial charge in [0.1, 0.15) is 12.2 Å². The number of hydrogen-bond acceptors (Lipinski definition) is 3. The van der Waals surface area contributed by atoms with E-state index in [0.717, 1.165) is 36.4 Å². The number of carbonyl (C=O) groups is 1. The third kappa shape index (κ3) is 6.08. The number of halogens is 6. The minimum absolute atomic E-state index is 0.0766. The molecule has 156 valence electrons. The van der Waals surface area contributed by atoms with E-state index < -0.39 is 41.7 Å². The van der Waals surface area contributed by atoms with Gasteiger partial charge in [-0.1, -0.05) is 36.9 Å². The van der Waals surface area contributed by atoms with Crippen LogP contribution in [0.2, 0.25) is 0 Å². The topological polar surface area (TPSA) is 46.5 Å². The number of rotatable bonds is 6. The fourth-order valence-corrected chi connectivity index (χ4v) is 2.64. The highest BCUT2D eigenvalue weighted by molar-refractivity contribution is 5.81. The number of esters is 1. The zero-order valence-electron chi connectivity index (χ0n) is 14.8. The molecule has 0 aliphatic rings. The van der Waals surface area contributed by atoms with E-state index in [1.54, 1.807) is 0 Å². The molecule has 2 atom stereocenters. The number of alkyl halides is 6. The Morgan fingerprint density at radius 1 is 1.00 bits per heavy atom. The van der Waals surface area contributed by atoms with Crippen molar-refractivity contribution in [1.82, 2.24) is 0 Å². The number of carbonyl (C=O) groups excluding carboxylic acids is 1. The van der Waals surface area contributed by atoms with Crippen LogP contribution in [0, 0.1) is 0 Å². The van der Waals surface area contributed by atoms with Crippen molar-refractivity contribution in [3.63, 3.8) is 0 Å². The number of hydrogen-bond donors (Lipinski definition) is 1. The molecule has 9 heteroatoms. The van der Waals surface area contributed by atoms with Gasteiger partial charge in [-0.05, 0) is 29.3 Å². The summed E-state index contributed by atoms with van der Waals surface area (Å²) in [5.41, 5.74) is -2.10. The van der Waals surface area contributed by atoms with Gasteiger partial charge in [0.2, 0.25) is 0 Å². The van der Waals surface area contributed by atoms with Gasteiger partial charge in [0.25, 0.3) is 0 Å². The van der Waals surface area contributed by atoms with Crippen LogP contribution >= 0.6 is 0 Å². The van der Waals surface area contributed by atoms with Crippen LogP contribution in [0.15, 0.2) is 61.2 Å². The Morgan fingerprint density at radius 3 is 2.10 bits per heavy atom. The molecule has 0 aliphatic heterocycles. The van der Waals surface area contributed by atoms with E-state index in [0.29, 0.717) is 6.07 Å². The smallest absolute Gasteiger partial charge is 0.416 e. The first-order valence-corrected chi connectivity index (χ1v) is 8.26. The summed E-state index contributed by atoms with van der Waals surface area (Å²) in [4.78, 5) is 11.6. The highest BCUT2D eigenvalue weighted by Crippen LogP contribution is 2.33. The van der Waals surface area contributed by atoms with Gasteiger partial charge in [-0.3, -0.25) is 0 Å². The summed E-state index contributed by atoms with van der Waals surface area (Å²) in [5, 5.41) is 10.5. The van der Waals surface area contributed by atoms with Crippen LogP contribution in [0.3, 0.4) is 0 Å². The summed E-state index contributed by atoms with van der Waals surface area (Å²) in [6.45, 7) is 3.19. The Morgan fingerprint density at radius 2 is 1.55 bits per heavy atom. The fourth-order valence-electron chi connectivity index (χ4n) is 2.64. The van der Waals surface area contributed by atoms with Crippen LogP contribution in [0.1, 0.15) is 28.4 Å². The summed E-state index contributed by atoms with van der Waals surface area (Å²) in [6.07, 6.45) is -12.0. The number of ether oxygens (including phenoxy) is 1. The van der Waals surface area contributed by atoms with E-state index in [2.05, 4.69) is 6.58 Å². The quantitative estimate of drug-likeness (QED) is 0.404. The van der Waals surface area contributed by atoms with Crippen LogP contribution in [-0.4, -0.2) is 17.2 Å². The molecular formula is C20H16F6O3. The van der Waals surface area contributed by atoms with E-state index in [4.69, 9.17) is 4.74 Å². The van der Waals surface area contributed by atoms with Crippen molar-refractivity contribution in [2.75, 3.05) is 0 Å². The normalized spacial score (nSPS) is 14.2. The predicted octanol–water partition coefficient (Wildman–Crippen LogP) is 5.10. The van der Waals surface area contributed by atoms with Gasteiger partial charge in [-0.25, -0.2) is 4.79 Å². The first-order chi connectivity index (χ1) is 13.4. The Labute approximate surface area is 162 Å². The Kier molecular flexibility index (Phi) is 6.73. The lowest BCUT2D eigenvalue weighted by molar-refractivity contribution is -0.149. The average molecular weight is 418 g/mol. The van der Waals surface area contributed by atoms with Gasteiger partial charge in [0, 0.05) is 12.5 Å². The summed E-state index contributed by atoms with van der Waals surface area (Å²) in [5.74, 6) is -0.979. The molecule has 2 rings (SSSR count). The van der Waals surface area contributed by atoms with Crippen LogP contribution in [0.25, 0.3) is 0 Å². The summed E-state index contributed by atoms with van der Waals surface area (Å²) in [7, 11) is 0. The molecule has 1 N–H and O–H groups in total. The van der Waals surface area contributed by atoms with Crippen molar-refractivity contribution in [3.05, 3.63) is 83.4 Å². The molecule has 0 aliphatic carbocycles. The molecule has 0 radical (unpaired) electrons. The SMILES string of the molecule is C=CC(=O)OC(Cc1cccc(C(F)(F)F)c1)C(O)c1cccc(C(F)(F)F)c1. The zero-order chi connectivity index (χ0) is 21.8. The van der Waals surface area contributed by atoms with Gasteiger partial charge in [0.05, 0.1) is 11.1 Å². The van der Waals surface area contributed by atoms with Gasteiger partial charge in [-0.2, -0.15) is 26.3 Å². The second-order valence-corrected chi connectivity index (χ2v) is 6.15. The van der Waals surface area contributed by atoms with Gasteiger partial charge < -0.3 is 9.84 Å². The molecule has 0 amide bonds. The minimum Gasteiger partial charge on any atom is -0.456 e. The predicted molar refractivity (Wildman–Crippen MR) is 91.6 cm³/mol. The van der Waals surface area contributed by atoms with E-state index in [1.165, 1.54) is 12.1 Å². The van der Waals surface area contributed by atoms with Crippen molar-refractivity contribution < 1.29 is 41.0 Å². The first kappa shape index (κ1) is 22.5. The maximum absolute atomic E-state index is 12.9. The second kappa shape index (κ2) is 8.69. The van der Waals surface area contributed by atoms with Crippen molar-refractivity contribution in [2.24, 2.45) is 0 Å². The molecular weight excluding hydrogens is 402 g/mol. The molecule has 29 heavy (non-hydrogen) atoms. The van der Waals surface area contributed by atoms with Crippen LogP contribution < -0.4 is 0 Å². The molecule has 2 aromatic carbocycles. The molecule has 2 aromatic rings. The van der Waals surface area contributed by atoms with E-state index in [1.807, 2.05) is 0 Å². The first-order valence-electron chi connectivity index (χ1n) is 8.26. The zero-order valence-corrected chi connectivity index (χ0v) is 14.8. The van der Waals surface area contributed by atoms with Crippen LogP contribution in [0.4, 0.5) is 26.3 Å². The molecule has 0 spiro atoms. The lowest BCUT2D eigenvalue weighted by atomic mass is 9.96. The number of aliphatic hydroxyl groups excluding tert-OH is 1. The van der Waals surface area contributed by atoms with Crippen LogP contribution in [0.5, 0.6) is 0 Å². The molecule has 0 fully saturated rings. The maximum Gasteiger partial charge on any atom is 0.416 e. The molecule has 0 saturated carbocycles. The van der Waals surface area contributed by atoms with Crippen LogP contribution in [-0.2, 0) is 28.3 Å². The highest BCUT2D eigenvalue weighted by atomic mass is 19.4. The Balaban J connectivity index is 2.36. The average Bonchev–Trinajstić information content (AvgIpc) is 2.65. The van der Waals surface area contributed by atoms with Gasteiger partial charge in [-0.15, -0.1) is 0 Å². The second-order valence-electron chi connectivity index (χ2n) is 6.15. The Hall–Kier alpha value is -2.81. The fraction of sp³-hybridized carbons (Fsp3) is 0.250. The van der Waals surface area contributed by atoms with Gasteiger partial charge >= 0.3 is 18.3 Å². The molecule has 0 heterocycles. The monoisotopic (exact) mass is 418 g/mol. The largest absolute Gasteiger partial charge is 0.456 e. The summed E-state index contributed by atoms with van der Waals surface area (Å²) in [6, 6.07) is 7.87. The van der Waals surface area contributed by atoms with E-state index in [9.17, 15) is 36.2 Å². The summed E-state index contributed by atoms with van der Waals surface area (Å²) < 4.78 is 82.4. The lowest BCUT2D eigenvalue weighted by Gasteiger charge is -2.24. The highest BCUT2D eigenvalue weighted by Gasteiger charge is 2.33. The minimum atomic E-state index is -4.66. The Bertz CT molecular complexity index is 873. The maximum atomic E-state index is 12.9. The van der Waals surface area contributed by atoms with Gasteiger partial charge in [0.15, 0.2) is 0 Å². The number of benzene rings is 2. The van der Waals surface area contributed by atoms with Crippen molar-refractivity contribution in [1.29, 1.82) is 0 Å². The molecule has 0 aromatic heterocycles. The molecule has 0 saturated heterocycles. The lowest BCUT2D eigenvalue weighted by Crippen LogP contribution is -2.27. The third-order valence-electron chi connectivity index (χ3n) is 4.03.